The number of nitrogens with two attached hydrogens (primary N) is 1. The number of nitrogens with one attached hydrogen (secondary N) is 1. The van der Waals surface area contributed by atoms with E-state index in [4.69, 9.17) is 10.5 Å². The molecule has 3 N–H and O–H groups in total. The fourth-order valence-corrected chi connectivity index (χ4v) is 3.26. The molecule has 0 saturated carbocycles. The van der Waals surface area contributed by atoms with Crippen molar-refractivity contribution in [1.82, 2.24) is 0 Å². The largest absolute Gasteiger partial charge is 0.488 e. The molecule has 2 amide bonds. The molecule has 28 heavy (non-hydrogen) atoms. The molecule has 0 radical (unpaired) electrons. The Balaban J connectivity index is 1.72. The highest BCUT2D eigenvalue weighted by Crippen LogP contribution is 2.25. The molecule has 0 spiro atoms. The van der Waals surface area contributed by atoms with E-state index in [1.165, 1.54) is 0 Å². The Bertz CT molecular complexity index is 1000. The molecule has 3 rings (SSSR count). The van der Waals surface area contributed by atoms with E-state index in [1.807, 2.05) is 36.6 Å². The van der Waals surface area contributed by atoms with Crippen molar-refractivity contribution in [3.63, 3.8) is 0 Å². The van der Waals surface area contributed by atoms with Crippen molar-refractivity contribution >= 4 is 29.3 Å². The van der Waals surface area contributed by atoms with Gasteiger partial charge in [0.1, 0.15) is 12.4 Å². The lowest BCUT2D eigenvalue weighted by Crippen LogP contribution is -2.14. The molecule has 142 valence electrons. The van der Waals surface area contributed by atoms with Gasteiger partial charge in [0.15, 0.2) is 0 Å². The number of carbonyl (C=O) groups is 2. The summed E-state index contributed by atoms with van der Waals surface area (Å²) in [5.74, 6) is -0.323. The third kappa shape index (κ3) is 4.72. The van der Waals surface area contributed by atoms with E-state index < -0.39 is 5.91 Å². The lowest BCUT2D eigenvalue weighted by Gasteiger charge is -2.11. The van der Waals surface area contributed by atoms with Crippen molar-refractivity contribution < 1.29 is 14.3 Å². The summed E-state index contributed by atoms with van der Waals surface area (Å²) in [4.78, 5) is 25.1. The van der Waals surface area contributed by atoms with Gasteiger partial charge in [-0.15, -0.1) is 11.8 Å². The van der Waals surface area contributed by atoms with Gasteiger partial charge < -0.3 is 15.8 Å². The highest BCUT2D eigenvalue weighted by atomic mass is 32.2. The maximum Gasteiger partial charge on any atom is 0.255 e. The van der Waals surface area contributed by atoms with Gasteiger partial charge >= 0.3 is 0 Å². The van der Waals surface area contributed by atoms with Crippen LogP contribution < -0.4 is 15.8 Å². The number of hydrogen-bond donors (Lipinski definition) is 2. The van der Waals surface area contributed by atoms with Crippen LogP contribution in [0.5, 0.6) is 5.75 Å². The molecular formula is C22H20N2O3S. The van der Waals surface area contributed by atoms with E-state index in [0.29, 0.717) is 16.9 Å². The van der Waals surface area contributed by atoms with Crippen LogP contribution in [0.4, 0.5) is 5.69 Å². The quantitative estimate of drug-likeness (QED) is 0.586. The molecule has 0 saturated heterocycles. The number of amides is 2. The van der Waals surface area contributed by atoms with Crippen LogP contribution in [0.2, 0.25) is 0 Å². The Morgan fingerprint density at radius 1 is 1.00 bits per heavy atom. The molecule has 3 aromatic rings. The Morgan fingerprint density at radius 3 is 2.54 bits per heavy atom. The predicted octanol–water partition coefficient (Wildman–Crippen LogP) is 4.34. The van der Waals surface area contributed by atoms with E-state index in [0.717, 1.165) is 16.1 Å². The third-order valence-electron chi connectivity index (χ3n) is 4.09. The van der Waals surface area contributed by atoms with Gasteiger partial charge in [-0.3, -0.25) is 9.59 Å². The van der Waals surface area contributed by atoms with Gasteiger partial charge in [0.25, 0.3) is 11.8 Å². The van der Waals surface area contributed by atoms with Crippen molar-refractivity contribution in [2.24, 2.45) is 5.73 Å². The van der Waals surface area contributed by atoms with Gasteiger partial charge in [-0.05, 0) is 48.2 Å². The van der Waals surface area contributed by atoms with Gasteiger partial charge in [0.2, 0.25) is 0 Å². The topological polar surface area (TPSA) is 81.4 Å². The Labute approximate surface area is 167 Å². The summed E-state index contributed by atoms with van der Waals surface area (Å²) in [6, 6.07) is 21.6. The minimum atomic E-state index is -0.545. The summed E-state index contributed by atoms with van der Waals surface area (Å²) in [6.45, 7) is 0.215. The molecule has 0 atom stereocenters. The van der Waals surface area contributed by atoms with Crippen molar-refractivity contribution in [2.75, 3.05) is 11.6 Å². The molecule has 0 bridgehead atoms. The predicted molar refractivity (Wildman–Crippen MR) is 112 cm³/mol. The van der Waals surface area contributed by atoms with E-state index in [9.17, 15) is 9.59 Å². The van der Waals surface area contributed by atoms with Gasteiger partial charge in [-0.1, -0.05) is 36.4 Å². The molecular weight excluding hydrogens is 372 g/mol. The molecule has 0 aliphatic carbocycles. The Kier molecular flexibility index (Phi) is 6.34. The Hall–Kier alpha value is -3.25. The summed E-state index contributed by atoms with van der Waals surface area (Å²) >= 11 is 1.57. The van der Waals surface area contributed by atoms with Gasteiger partial charge in [-0.25, -0.2) is 0 Å². The molecule has 0 fully saturated rings. The zero-order valence-corrected chi connectivity index (χ0v) is 16.2. The number of thioether (sulfide) groups is 1. The fourth-order valence-electron chi connectivity index (χ4n) is 2.70. The first-order valence-corrected chi connectivity index (χ1v) is 9.86. The summed E-state index contributed by atoms with van der Waals surface area (Å²) in [7, 11) is 0. The summed E-state index contributed by atoms with van der Waals surface area (Å²) in [5, 5.41) is 2.94. The summed E-state index contributed by atoms with van der Waals surface area (Å²) in [5.41, 5.74) is 7.81. The van der Waals surface area contributed by atoms with Crippen molar-refractivity contribution in [2.45, 2.75) is 11.5 Å². The maximum absolute atomic E-state index is 12.6. The molecule has 6 heteroatoms. The average molecular weight is 392 g/mol. The number of para-hydroxylation sites is 2. The second kappa shape index (κ2) is 9.10. The summed E-state index contributed by atoms with van der Waals surface area (Å²) < 4.78 is 5.74. The number of carbonyl (C=O) groups excluding carboxylic acids is 2. The first-order chi connectivity index (χ1) is 13.6. The zero-order chi connectivity index (χ0) is 19.9. The molecule has 0 unspecified atom stereocenters. The average Bonchev–Trinajstić information content (AvgIpc) is 2.73. The number of rotatable bonds is 7. The van der Waals surface area contributed by atoms with Crippen LogP contribution in [0.25, 0.3) is 0 Å². The minimum Gasteiger partial charge on any atom is -0.488 e. The van der Waals surface area contributed by atoms with Gasteiger partial charge in [0, 0.05) is 10.5 Å². The number of anilines is 1. The van der Waals surface area contributed by atoms with E-state index in [-0.39, 0.29) is 12.5 Å². The molecule has 0 heterocycles. The van der Waals surface area contributed by atoms with Crippen LogP contribution in [0.3, 0.4) is 0 Å². The SMILES string of the molecule is CSc1ccccc1NC(=O)c1cccc(COc2ccccc2C(N)=O)c1. The molecule has 3 aromatic carbocycles. The van der Waals surface area contributed by atoms with Crippen LogP contribution in [0.1, 0.15) is 26.3 Å². The number of hydrogen-bond acceptors (Lipinski definition) is 4. The zero-order valence-electron chi connectivity index (χ0n) is 15.3. The normalized spacial score (nSPS) is 10.3. The second-order valence-electron chi connectivity index (χ2n) is 6.00. The minimum absolute atomic E-state index is 0.194. The van der Waals surface area contributed by atoms with Crippen LogP contribution in [0.15, 0.2) is 77.7 Å². The smallest absolute Gasteiger partial charge is 0.255 e. The van der Waals surface area contributed by atoms with Crippen LogP contribution >= 0.6 is 11.8 Å². The standard InChI is InChI=1S/C22H20N2O3S/c1-28-20-12-5-3-10-18(20)24-22(26)16-8-6-7-15(13-16)14-27-19-11-4-2-9-17(19)21(23)25/h2-13H,14H2,1H3,(H2,23,25)(H,24,26). The molecule has 0 aliphatic rings. The second-order valence-corrected chi connectivity index (χ2v) is 6.85. The lowest BCUT2D eigenvalue weighted by atomic mass is 10.1. The van der Waals surface area contributed by atoms with E-state index in [2.05, 4.69) is 5.32 Å². The number of primary amides is 1. The lowest BCUT2D eigenvalue weighted by molar-refractivity contribution is 0.0994. The van der Waals surface area contributed by atoms with Crippen LogP contribution in [-0.2, 0) is 6.61 Å². The van der Waals surface area contributed by atoms with Crippen molar-refractivity contribution in [3.8, 4) is 5.75 Å². The first kappa shape index (κ1) is 19.5. The van der Waals surface area contributed by atoms with Gasteiger partial charge in [0.05, 0.1) is 11.3 Å². The van der Waals surface area contributed by atoms with Crippen LogP contribution in [-0.4, -0.2) is 18.1 Å². The van der Waals surface area contributed by atoms with E-state index in [1.54, 1.807) is 54.2 Å². The number of ether oxygens (including phenoxy) is 1. The van der Waals surface area contributed by atoms with E-state index >= 15 is 0 Å². The van der Waals surface area contributed by atoms with Crippen molar-refractivity contribution in [1.29, 1.82) is 0 Å². The monoisotopic (exact) mass is 392 g/mol. The number of benzene rings is 3. The van der Waals surface area contributed by atoms with Crippen LogP contribution in [0, 0.1) is 0 Å². The van der Waals surface area contributed by atoms with Crippen molar-refractivity contribution in [3.05, 3.63) is 89.5 Å². The maximum atomic E-state index is 12.6. The highest BCUT2D eigenvalue weighted by molar-refractivity contribution is 7.98. The molecule has 0 aromatic heterocycles. The fraction of sp³-hybridized carbons (Fsp3) is 0.0909. The third-order valence-corrected chi connectivity index (χ3v) is 4.89. The highest BCUT2D eigenvalue weighted by Gasteiger charge is 2.11. The summed E-state index contributed by atoms with van der Waals surface area (Å²) in [6.07, 6.45) is 1.97. The van der Waals surface area contributed by atoms with Gasteiger partial charge in [-0.2, -0.15) is 0 Å². The first-order valence-electron chi connectivity index (χ1n) is 8.63. The molecule has 0 aliphatic heterocycles. The Morgan fingerprint density at radius 2 is 1.75 bits per heavy atom. The molecule has 5 nitrogen and oxygen atoms in total.